The van der Waals surface area contributed by atoms with Crippen molar-refractivity contribution in [2.24, 2.45) is 7.05 Å². The monoisotopic (exact) mass is 463 g/mol. The SMILES string of the molecule is Cn1c(-n2c3ccccc3c3ccc4cc5c(cc4c32)C(C)(C)c2ccccc2-5)nc2ccccc21. The molecule has 0 aliphatic heterocycles. The number of aromatic nitrogens is 3. The van der Waals surface area contributed by atoms with E-state index in [0.29, 0.717) is 0 Å². The van der Waals surface area contributed by atoms with E-state index in [9.17, 15) is 0 Å². The van der Waals surface area contributed by atoms with Crippen molar-refractivity contribution in [2.75, 3.05) is 0 Å². The summed E-state index contributed by atoms with van der Waals surface area (Å²) in [5.41, 5.74) is 10.0. The normalized spacial score (nSPS) is 14.2. The maximum absolute atomic E-state index is 5.12. The van der Waals surface area contributed by atoms with Crippen LogP contribution in [0.1, 0.15) is 25.0 Å². The Morgan fingerprint density at radius 3 is 2.25 bits per heavy atom. The second-order valence-electron chi connectivity index (χ2n) is 10.6. The molecule has 0 spiro atoms. The van der Waals surface area contributed by atoms with Gasteiger partial charge in [0.2, 0.25) is 5.95 Å². The number of rotatable bonds is 1. The largest absolute Gasteiger partial charge is 0.313 e. The summed E-state index contributed by atoms with van der Waals surface area (Å²) < 4.78 is 4.59. The second kappa shape index (κ2) is 6.64. The van der Waals surface area contributed by atoms with Crippen LogP contribution in [-0.4, -0.2) is 14.1 Å². The molecule has 2 aromatic heterocycles. The predicted molar refractivity (Wildman–Crippen MR) is 150 cm³/mol. The lowest BCUT2D eigenvalue weighted by atomic mass is 9.82. The van der Waals surface area contributed by atoms with Crippen LogP contribution in [0.2, 0.25) is 0 Å². The van der Waals surface area contributed by atoms with Crippen LogP contribution in [0.15, 0.2) is 97.1 Å². The van der Waals surface area contributed by atoms with Crippen LogP contribution in [0.4, 0.5) is 0 Å². The van der Waals surface area contributed by atoms with Gasteiger partial charge in [0.1, 0.15) is 0 Å². The highest BCUT2D eigenvalue weighted by atomic mass is 15.2. The van der Waals surface area contributed by atoms with E-state index in [4.69, 9.17) is 4.98 Å². The third-order valence-corrected chi connectivity index (χ3v) is 8.32. The van der Waals surface area contributed by atoms with Crippen molar-refractivity contribution in [3.63, 3.8) is 0 Å². The van der Waals surface area contributed by atoms with E-state index < -0.39 is 0 Å². The maximum atomic E-state index is 5.12. The number of nitrogens with zero attached hydrogens (tertiary/aromatic N) is 3. The van der Waals surface area contributed by atoms with Gasteiger partial charge in [-0.15, -0.1) is 0 Å². The summed E-state index contributed by atoms with van der Waals surface area (Å²) in [5.74, 6) is 0.943. The van der Waals surface area contributed by atoms with Crippen LogP contribution in [-0.2, 0) is 12.5 Å². The van der Waals surface area contributed by atoms with Gasteiger partial charge < -0.3 is 4.57 Å². The van der Waals surface area contributed by atoms with Gasteiger partial charge >= 0.3 is 0 Å². The topological polar surface area (TPSA) is 22.8 Å². The summed E-state index contributed by atoms with van der Waals surface area (Å²) in [4.78, 5) is 5.12. The van der Waals surface area contributed by atoms with Gasteiger partial charge in [-0.3, -0.25) is 4.57 Å². The summed E-state index contributed by atoms with van der Waals surface area (Å²) in [5, 5.41) is 5.05. The van der Waals surface area contributed by atoms with Crippen LogP contribution >= 0.6 is 0 Å². The Labute approximate surface area is 209 Å². The predicted octanol–water partition coefficient (Wildman–Crippen LogP) is 8.13. The molecule has 0 saturated carbocycles. The van der Waals surface area contributed by atoms with Crippen molar-refractivity contribution in [3.8, 4) is 17.1 Å². The van der Waals surface area contributed by atoms with E-state index in [-0.39, 0.29) is 5.41 Å². The van der Waals surface area contributed by atoms with Crippen LogP contribution in [0.25, 0.3) is 60.7 Å². The zero-order valence-electron chi connectivity index (χ0n) is 20.6. The lowest BCUT2D eigenvalue weighted by molar-refractivity contribution is 0.661. The van der Waals surface area contributed by atoms with Crippen LogP contribution in [0, 0.1) is 0 Å². The van der Waals surface area contributed by atoms with Gasteiger partial charge in [-0.05, 0) is 58.0 Å². The molecule has 7 aromatic rings. The molecule has 36 heavy (non-hydrogen) atoms. The first-order valence-corrected chi connectivity index (χ1v) is 12.6. The molecule has 3 heteroatoms. The molecule has 0 saturated heterocycles. The first-order chi connectivity index (χ1) is 17.5. The molecular weight excluding hydrogens is 438 g/mol. The first kappa shape index (κ1) is 19.9. The molecule has 0 atom stereocenters. The van der Waals surface area contributed by atoms with Crippen molar-refractivity contribution >= 4 is 43.6 Å². The minimum atomic E-state index is -0.0446. The number of para-hydroxylation sites is 3. The number of benzene rings is 5. The summed E-state index contributed by atoms with van der Waals surface area (Å²) in [6, 6.07) is 35.4. The highest BCUT2D eigenvalue weighted by Gasteiger charge is 2.35. The van der Waals surface area contributed by atoms with Gasteiger partial charge in [-0.1, -0.05) is 80.6 Å². The van der Waals surface area contributed by atoms with E-state index in [0.717, 1.165) is 17.0 Å². The standard InChI is InChI=1S/C33H25N3/c1-33(2)26-12-6-4-10-21(26)25-18-20-16-17-23-22-11-5-8-14-29(22)36(31(23)24(20)19-27(25)33)32-34-28-13-7-9-15-30(28)35(32)3/h4-19H,1-3H3. The van der Waals surface area contributed by atoms with E-state index in [1.807, 2.05) is 0 Å². The van der Waals surface area contributed by atoms with E-state index >= 15 is 0 Å². The highest BCUT2D eigenvalue weighted by molar-refractivity contribution is 6.19. The Morgan fingerprint density at radius 2 is 1.39 bits per heavy atom. The molecule has 8 rings (SSSR count). The number of imidazole rings is 1. The van der Waals surface area contributed by atoms with Crippen LogP contribution in [0.3, 0.4) is 0 Å². The molecule has 0 amide bonds. The lowest BCUT2D eigenvalue weighted by Gasteiger charge is -2.22. The average Bonchev–Trinajstić information content (AvgIpc) is 3.49. The molecule has 0 N–H and O–H groups in total. The third-order valence-electron chi connectivity index (χ3n) is 8.32. The van der Waals surface area contributed by atoms with E-state index in [2.05, 4.69) is 127 Å². The van der Waals surface area contributed by atoms with Crippen molar-refractivity contribution < 1.29 is 0 Å². The third kappa shape index (κ3) is 2.35. The van der Waals surface area contributed by atoms with Crippen molar-refractivity contribution in [1.29, 1.82) is 0 Å². The minimum absolute atomic E-state index is 0.0446. The molecule has 0 fully saturated rings. The Morgan fingerprint density at radius 1 is 0.639 bits per heavy atom. The summed E-state index contributed by atoms with van der Waals surface area (Å²) in [6.07, 6.45) is 0. The van der Waals surface area contributed by atoms with Crippen LogP contribution in [0.5, 0.6) is 0 Å². The van der Waals surface area contributed by atoms with Gasteiger partial charge in [0.15, 0.2) is 0 Å². The molecule has 5 aromatic carbocycles. The molecule has 0 bridgehead atoms. The molecule has 0 radical (unpaired) electrons. The molecule has 172 valence electrons. The van der Waals surface area contributed by atoms with Gasteiger partial charge in [0, 0.05) is 28.6 Å². The first-order valence-electron chi connectivity index (χ1n) is 12.6. The fourth-order valence-electron chi connectivity index (χ4n) is 6.52. The smallest absolute Gasteiger partial charge is 0.215 e. The lowest BCUT2D eigenvalue weighted by Crippen LogP contribution is -2.14. The van der Waals surface area contributed by atoms with Gasteiger partial charge in [-0.25, -0.2) is 4.98 Å². The fourth-order valence-corrected chi connectivity index (χ4v) is 6.52. The number of aryl methyl sites for hydroxylation is 1. The zero-order chi connectivity index (χ0) is 24.2. The Balaban J connectivity index is 1.56. The Hall–Kier alpha value is -4.37. The van der Waals surface area contributed by atoms with Crippen molar-refractivity contribution in [3.05, 3.63) is 108 Å². The maximum Gasteiger partial charge on any atom is 0.215 e. The fraction of sp³-hybridized carbons (Fsp3) is 0.121. The second-order valence-corrected chi connectivity index (χ2v) is 10.6. The molecule has 3 nitrogen and oxygen atoms in total. The zero-order valence-corrected chi connectivity index (χ0v) is 20.6. The number of fused-ring (bicyclic) bond motifs is 9. The Bertz CT molecular complexity index is 2030. The van der Waals surface area contributed by atoms with E-state index in [1.165, 1.54) is 54.8 Å². The summed E-state index contributed by atoms with van der Waals surface area (Å²) in [7, 11) is 2.12. The quantitative estimate of drug-likeness (QED) is 0.241. The van der Waals surface area contributed by atoms with Crippen molar-refractivity contribution in [2.45, 2.75) is 19.3 Å². The average molecular weight is 464 g/mol. The van der Waals surface area contributed by atoms with Crippen molar-refractivity contribution in [1.82, 2.24) is 14.1 Å². The summed E-state index contributed by atoms with van der Waals surface area (Å²) in [6.45, 7) is 4.70. The van der Waals surface area contributed by atoms with E-state index in [1.54, 1.807) is 0 Å². The molecule has 0 unspecified atom stereocenters. The van der Waals surface area contributed by atoms with Gasteiger partial charge in [0.05, 0.1) is 22.1 Å². The molecule has 1 aliphatic rings. The van der Waals surface area contributed by atoms with Gasteiger partial charge in [0.25, 0.3) is 0 Å². The highest BCUT2D eigenvalue weighted by Crippen LogP contribution is 2.50. The minimum Gasteiger partial charge on any atom is -0.313 e. The van der Waals surface area contributed by atoms with Crippen LogP contribution < -0.4 is 0 Å². The molecule has 2 heterocycles. The Kier molecular flexibility index (Phi) is 3.67. The molecule has 1 aliphatic carbocycles. The summed E-state index contributed by atoms with van der Waals surface area (Å²) >= 11 is 0. The number of hydrogen-bond acceptors (Lipinski definition) is 1. The molecular formula is C33H25N3. The number of hydrogen-bond donors (Lipinski definition) is 0. The van der Waals surface area contributed by atoms with Gasteiger partial charge in [-0.2, -0.15) is 0 Å².